The zero-order valence-corrected chi connectivity index (χ0v) is 40.7. The Morgan fingerprint density at radius 1 is 0.746 bits per heavy atom. The van der Waals surface area contributed by atoms with Gasteiger partial charge in [-0.3, -0.25) is 4.90 Å². The molecular weight excluding hydrogens is 917 g/mol. The molecule has 20 heteroatoms. The van der Waals surface area contributed by atoms with Gasteiger partial charge >= 0.3 is 6.09 Å². The molecule has 2 heterocycles. The number of ether oxygens (including phenoxy) is 3. The molecule has 7 rings (SSSR count). The predicted octanol–water partition coefficient (Wildman–Crippen LogP) is 8.00. The number of fused-ring (bicyclic) bond motifs is 1. The van der Waals surface area contributed by atoms with E-state index in [1.807, 2.05) is 18.2 Å². The van der Waals surface area contributed by atoms with E-state index >= 15 is 16.8 Å². The number of methoxy groups -OCH3 is 3. The summed E-state index contributed by atoms with van der Waals surface area (Å²) < 4.78 is 81.1. The van der Waals surface area contributed by atoms with Gasteiger partial charge in [0.05, 0.1) is 59.8 Å². The van der Waals surface area contributed by atoms with Gasteiger partial charge in [0, 0.05) is 24.2 Å². The van der Waals surface area contributed by atoms with Gasteiger partial charge in [-0.05, 0) is 111 Å². The minimum atomic E-state index is -4.99. The average Bonchev–Trinajstić information content (AvgIpc) is 3.90. The van der Waals surface area contributed by atoms with Crippen molar-refractivity contribution in [1.29, 1.82) is 0 Å². The summed E-state index contributed by atoms with van der Waals surface area (Å²) in [6.07, 6.45) is -1.35. The van der Waals surface area contributed by atoms with Crippen molar-refractivity contribution >= 4 is 52.6 Å². The van der Waals surface area contributed by atoms with E-state index in [2.05, 4.69) is 15.3 Å². The van der Waals surface area contributed by atoms with E-state index in [0.717, 1.165) is 10.5 Å². The van der Waals surface area contributed by atoms with Crippen molar-refractivity contribution in [3.05, 3.63) is 120 Å². The zero-order valence-electron chi connectivity index (χ0n) is 38.3. The van der Waals surface area contributed by atoms with Gasteiger partial charge in [0.1, 0.15) is 22.1 Å². The highest BCUT2D eigenvalue weighted by atomic mass is 32.2. The molecule has 0 aliphatic heterocycles. The molecule has 0 spiro atoms. The number of sulfone groups is 1. The number of carboxylic acid groups (broad SMARTS) is 1. The molecule has 7 aromatic rings. The summed E-state index contributed by atoms with van der Waals surface area (Å²) in [6, 6.07) is 28.9. The number of para-hydroxylation sites is 1. The minimum Gasteiger partial charge on any atom is -0.497 e. The third kappa shape index (κ3) is 10.4. The standard InChI is InChI=1S/C47H52N8O9S3/c1-46(2,3)55(45(56)57)47(4,5)29-66(58,59)39-25-24-36(37-10-9-11-38-41(37)49-44(48)65-38)40(43-50-52-54(51-43)28-32-16-22-35(64-8)23-17-32)42(39)67(60,61)53(26-30-12-18-33(62-6)19-13-30)27-31-14-20-34(63-7)21-15-31/h9-25H,26-29H2,1-8H3,(H2,48,49)(H,56,57). The highest BCUT2D eigenvalue weighted by Crippen LogP contribution is 2.45. The molecule has 67 heavy (non-hydrogen) atoms. The number of anilines is 1. The van der Waals surface area contributed by atoms with Crippen molar-refractivity contribution < 1.29 is 40.9 Å². The number of hydrogen-bond donors (Lipinski definition) is 2. The normalized spacial score (nSPS) is 12.4. The second kappa shape index (κ2) is 18.9. The molecule has 1 amide bonds. The van der Waals surface area contributed by atoms with Crippen LogP contribution in [0.2, 0.25) is 0 Å². The third-order valence-corrected chi connectivity index (χ3v) is 15.9. The summed E-state index contributed by atoms with van der Waals surface area (Å²) in [6.45, 7) is 7.61. The van der Waals surface area contributed by atoms with E-state index < -0.39 is 52.6 Å². The van der Waals surface area contributed by atoms with E-state index in [0.29, 0.717) is 44.2 Å². The number of nitrogens with zero attached hydrogens (tertiary/aromatic N) is 7. The average molecular weight is 969 g/mol. The predicted molar refractivity (Wildman–Crippen MR) is 257 cm³/mol. The van der Waals surface area contributed by atoms with E-state index in [4.69, 9.17) is 25.0 Å². The number of nitrogens with two attached hydrogens (primary N) is 1. The Bertz CT molecular complexity index is 3080. The van der Waals surface area contributed by atoms with Crippen LogP contribution in [0.1, 0.15) is 51.3 Å². The summed E-state index contributed by atoms with van der Waals surface area (Å²) in [4.78, 5) is 18.6. The fourth-order valence-electron chi connectivity index (χ4n) is 8.28. The summed E-state index contributed by atoms with van der Waals surface area (Å²) in [5.74, 6) is 0.722. The number of thiazole rings is 1. The summed E-state index contributed by atoms with van der Waals surface area (Å²) in [7, 11) is -5.15. The molecule has 352 valence electrons. The van der Waals surface area contributed by atoms with Gasteiger partial charge < -0.3 is 25.1 Å². The summed E-state index contributed by atoms with van der Waals surface area (Å²) in [5, 5.41) is 24.2. The number of sulfonamides is 1. The minimum absolute atomic E-state index is 0.109. The number of rotatable bonds is 17. The first kappa shape index (κ1) is 48.3. The lowest BCUT2D eigenvalue weighted by molar-refractivity contribution is 0.0433. The van der Waals surface area contributed by atoms with Gasteiger partial charge in [0.25, 0.3) is 0 Å². The third-order valence-electron chi connectivity index (χ3n) is 11.0. The largest absolute Gasteiger partial charge is 0.497 e. The van der Waals surface area contributed by atoms with Gasteiger partial charge in [-0.1, -0.05) is 65.9 Å². The molecule has 0 aliphatic rings. The van der Waals surface area contributed by atoms with Gasteiger partial charge in [0.15, 0.2) is 15.0 Å². The maximum atomic E-state index is 16.2. The number of tetrazole rings is 1. The van der Waals surface area contributed by atoms with Crippen molar-refractivity contribution in [1.82, 2.24) is 34.4 Å². The van der Waals surface area contributed by atoms with Gasteiger partial charge in [-0.15, -0.1) is 10.2 Å². The lowest BCUT2D eigenvalue weighted by atomic mass is 9.97. The summed E-state index contributed by atoms with van der Waals surface area (Å²) >= 11 is 1.23. The fourth-order valence-corrected chi connectivity index (χ4v) is 13.3. The number of carbonyl (C=O) groups is 1. The molecule has 0 saturated carbocycles. The second-order valence-electron chi connectivity index (χ2n) is 17.3. The number of benzene rings is 5. The topological polar surface area (TPSA) is 222 Å². The molecule has 0 bridgehead atoms. The lowest BCUT2D eigenvalue weighted by Crippen LogP contribution is -2.59. The monoisotopic (exact) mass is 968 g/mol. The van der Waals surface area contributed by atoms with Crippen LogP contribution < -0.4 is 19.9 Å². The van der Waals surface area contributed by atoms with Gasteiger partial charge in [0.2, 0.25) is 15.8 Å². The zero-order chi connectivity index (χ0) is 48.5. The molecule has 0 saturated heterocycles. The molecule has 0 unspecified atom stereocenters. The molecule has 0 radical (unpaired) electrons. The first-order valence-corrected chi connectivity index (χ1v) is 24.8. The van der Waals surface area contributed by atoms with Crippen molar-refractivity contribution in [2.24, 2.45) is 0 Å². The fraction of sp³-hybridized carbons (Fsp3) is 0.298. The summed E-state index contributed by atoms with van der Waals surface area (Å²) in [5.41, 5.74) is 6.42. The Morgan fingerprint density at radius 2 is 1.28 bits per heavy atom. The van der Waals surface area contributed by atoms with E-state index in [9.17, 15) is 9.90 Å². The van der Waals surface area contributed by atoms with E-state index in [1.54, 1.807) is 101 Å². The second-order valence-corrected chi connectivity index (χ2v) is 22.2. The number of nitrogen functional groups attached to an aromatic ring is 1. The Morgan fingerprint density at radius 3 is 1.79 bits per heavy atom. The Hall–Kier alpha value is -6.61. The van der Waals surface area contributed by atoms with Crippen molar-refractivity contribution in [2.75, 3.05) is 32.8 Å². The van der Waals surface area contributed by atoms with Crippen LogP contribution in [0.25, 0.3) is 32.7 Å². The van der Waals surface area contributed by atoms with Crippen molar-refractivity contribution in [3.63, 3.8) is 0 Å². The molecule has 2 aromatic heterocycles. The number of hydrogen-bond acceptors (Lipinski definition) is 14. The highest BCUT2D eigenvalue weighted by molar-refractivity contribution is 7.93. The van der Waals surface area contributed by atoms with Gasteiger partial charge in [-0.25, -0.2) is 26.6 Å². The van der Waals surface area contributed by atoms with Crippen LogP contribution in [-0.4, -0.2) is 101 Å². The van der Waals surface area contributed by atoms with Gasteiger partial charge in [-0.2, -0.15) is 9.10 Å². The quantitative estimate of drug-likeness (QED) is 0.0883. The maximum absolute atomic E-state index is 16.2. The highest BCUT2D eigenvalue weighted by Gasteiger charge is 2.45. The van der Waals surface area contributed by atoms with Crippen molar-refractivity contribution in [2.45, 2.75) is 75.1 Å². The van der Waals surface area contributed by atoms with Crippen LogP contribution in [-0.2, 0) is 39.5 Å². The number of amides is 1. The SMILES string of the molecule is COc1ccc(CN(Cc2ccc(OC)cc2)S(=O)(=O)c2c(S(=O)(=O)CC(C)(C)N(C(=O)O)C(C)(C)C)ccc(-c3cccc4sc(N)nc34)c2-c2nnn(Cc3ccc(OC)cc3)n2)cc1. The molecular formula is C47H52N8O9S3. The van der Waals surface area contributed by atoms with Crippen LogP contribution >= 0.6 is 11.3 Å². The van der Waals surface area contributed by atoms with Crippen LogP contribution in [0.15, 0.2) is 113 Å². The maximum Gasteiger partial charge on any atom is 0.408 e. The molecule has 17 nitrogen and oxygen atoms in total. The molecule has 3 N–H and O–H groups in total. The molecule has 0 fully saturated rings. The first-order chi connectivity index (χ1) is 31.6. The Balaban J connectivity index is 1.54. The Kier molecular flexibility index (Phi) is 13.7. The van der Waals surface area contributed by atoms with E-state index in [1.165, 1.54) is 60.6 Å². The molecule has 0 atom stereocenters. The first-order valence-electron chi connectivity index (χ1n) is 20.9. The number of aromatic nitrogens is 5. The molecule has 5 aromatic carbocycles. The Labute approximate surface area is 393 Å². The van der Waals surface area contributed by atoms with Crippen LogP contribution in [0.4, 0.5) is 9.93 Å². The van der Waals surface area contributed by atoms with Crippen molar-refractivity contribution in [3.8, 4) is 39.8 Å². The smallest absolute Gasteiger partial charge is 0.408 e. The van der Waals surface area contributed by atoms with Crippen LogP contribution in [0, 0.1) is 0 Å². The molecule has 0 aliphatic carbocycles. The van der Waals surface area contributed by atoms with Crippen LogP contribution in [0.3, 0.4) is 0 Å². The van der Waals surface area contributed by atoms with Crippen LogP contribution in [0.5, 0.6) is 17.2 Å². The van der Waals surface area contributed by atoms with E-state index in [-0.39, 0.29) is 41.7 Å². The lowest BCUT2D eigenvalue weighted by Gasteiger charge is -2.45.